The van der Waals surface area contributed by atoms with E-state index < -0.39 is 26.3 Å². The minimum absolute atomic E-state index is 0.0685. The number of benzene rings is 2. The SMILES string of the molecule is O=C(NC(c1ccccc1)C(Cl)(Cl)[N+](=O)[O-])c1ccc([N+](=O)[O-])cc1. The third-order valence-electron chi connectivity index (χ3n) is 3.34. The summed E-state index contributed by atoms with van der Waals surface area (Å²) < 4.78 is -2.50. The van der Waals surface area contributed by atoms with Crippen molar-refractivity contribution in [2.24, 2.45) is 0 Å². The molecular weight excluding hydrogens is 373 g/mol. The van der Waals surface area contributed by atoms with E-state index in [1.807, 2.05) is 0 Å². The highest BCUT2D eigenvalue weighted by molar-refractivity contribution is 6.47. The Bertz CT molecular complexity index is 797. The smallest absolute Gasteiger partial charge is 0.336 e. The van der Waals surface area contributed by atoms with E-state index in [1.54, 1.807) is 18.2 Å². The molecule has 2 aromatic carbocycles. The summed E-state index contributed by atoms with van der Waals surface area (Å²) in [4.78, 5) is 32.7. The van der Waals surface area contributed by atoms with Gasteiger partial charge in [0.2, 0.25) is 0 Å². The monoisotopic (exact) mass is 383 g/mol. The topological polar surface area (TPSA) is 115 Å². The van der Waals surface area contributed by atoms with Crippen LogP contribution in [-0.4, -0.2) is 20.2 Å². The lowest BCUT2D eigenvalue weighted by molar-refractivity contribution is -0.521. The van der Waals surface area contributed by atoms with Crippen LogP contribution in [0.2, 0.25) is 0 Å². The molecule has 1 unspecified atom stereocenters. The van der Waals surface area contributed by atoms with Gasteiger partial charge in [0, 0.05) is 17.7 Å². The predicted molar refractivity (Wildman–Crippen MR) is 91.2 cm³/mol. The number of rotatable bonds is 6. The molecule has 130 valence electrons. The molecule has 2 rings (SSSR count). The molecule has 0 bridgehead atoms. The van der Waals surface area contributed by atoms with Crippen molar-refractivity contribution in [3.8, 4) is 0 Å². The number of hydrogen-bond donors (Lipinski definition) is 1. The van der Waals surface area contributed by atoms with Crippen molar-refractivity contribution in [2.45, 2.75) is 10.5 Å². The van der Waals surface area contributed by atoms with Crippen molar-refractivity contribution in [2.75, 3.05) is 0 Å². The zero-order valence-electron chi connectivity index (χ0n) is 12.5. The summed E-state index contributed by atoms with van der Waals surface area (Å²) >= 11 is 11.7. The maximum absolute atomic E-state index is 12.4. The summed E-state index contributed by atoms with van der Waals surface area (Å²) in [5.41, 5.74) is 0.212. The summed E-state index contributed by atoms with van der Waals surface area (Å²) in [6, 6.07) is 11.4. The van der Waals surface area contributed by atoms with E-state index in [0.717, 1.165) is 12.1 Å². The van der Waals surface area contributed by atoms with E-state index in [4.69, 9.17) is 23.2 Å². The molecule has 0 aliphatic carbocycles. The van der Waals surface area contributed by atoms with Gasteiger partial charge in [-0.25, -0.2) is 0 Å². The zero-order chi connectivity index (χ0) is 18.6. The van der Waals surface area contributed by atoms with Crippen LogP contribution in [0.3, 0.4) is 0 Å². The number of nitrogens with one attached hydrogen (secondary N) is 1. The molecule has 0 heterocycles. The Morgan fingerprint density at radius 3 is 2.04 bits per heavy atom. The Morgan fingerprint density at radius 1 is 1.00 bits per heavy atom. The fourth-order valence-electron chi connectivity index (χ4n) is 2.07. The molecule has 0 aliphatic rings. The summed E-state index contributed by atoms with van der Waals surface area (Å²) in [5.74, 6) is -0.712. The van der Waals surface area contributed by atoms with Crippen LogP contribution in [0.5, 0.6) is 0 Å². The van der Waals surface area contributed by atoms with Gasteiger partial charge in [0.25, 0.3) is 11.6 Å². The summed E-state index contributed by atoms with van der Waals surface area (Å²) in [6.45, 7) is 0. The number of nitro groups is 2. The number of nitrogens with zero attached hydrogens (tertiary/aromatic N) is 2. The van der Waals surface area contributed by atoms with Crippen molar-refractivity contribution in [1.82, 2.24) is 5.32 Å². The molecule has 1 N–H and O–H groups in total. The molecule has 0 saturated carbocycles. The molecule has 0 saturated heterocycles. The van der Waals surface area contributed by atoms with E-state index in [2.05, 4.69) is 5.32 Å². The minimum atomic E-state index is -2.50. The van der Waals surface area contributed by atoms with Gasteiger partial charge in [0.05, 0.1) is 9.85 Å². The number of hydrogen-bond acceptors (Lipinski definition) is 5. The first-order chi connectivity index (χ1) is 11.7. The number of non-ortho nitro benzene ring substituents is 1. The number of nitro benzene ring substituents is 1. The van der Waals surface area contributed by atoms with Gasteiger partial charge in [0.1, 0.15) is 0 Å². The first-order valence-electron chi connectivity index (χ1n) is 6.86. The number of carbonyl (C=O) groups is 1. The second-order valence-electron chi connectivity index (χ2n) is 4.97. The highest BCUT2D eigenvalue weighted by atomic mass is 35.5. The third-order valence-corrected chi connectivity index (χ3v) is 4.05. The first-order valence-corrected chi connectivity index (χ1v) is 7.61. The van der Waals surface area contributed by atoms with Crippen LogP contribution in [0.15, 0.2) is 54.6 Å². The Balaban J connectivity index is 2.31. The van der Waals surface area contributed by atoms with Gasteiger partial charge in [-0.05, 0) is 40.9 Å². The first kappa shape index (κ1) is 18.6. The second-order valence-corrected chi connectivity index (χ2v) is 6.31. The predicted octanol–water partition coefficient (Wildman–Crippen LogP) is 3.47. The lowest BCUT2D eigenvalue weighted by atomic mass is 10.1. The lowest BCUT2D eigenvalue weighted by Gasteiger charge is -2.24. The van der Waals surface area contributed by atoms with Crippen molar-refractivity contribution in [1.29, 1.82) is 0 Å². The third kappa shape index (κ3) is 4.23. The summed E-state index contributed by atoms with van der Waals surface area (Å²) in [7, 11) is 0. The van der Waals surface area contributed by atoms with E-state index in [0.29, 0.717) is 5.56 Å². The van der Waals surface area contributed by atoms with E-state index in [9.17, 15) is 25.0 Å². The molecule has 0 aromatic heterocycles. The Hall–Kier alpha value is -2.71. The maximum atomic E-state index is 12.4. The van der Waals surface area contributed by atoms with E-state index in [-0.39, 0.29) is 11.3 Å². The van der Waals surface area contributed by atoms with E-state index in [1.165, 1.54) is 24.3 Å². The molecule has 0 fully saturated rings. The molecule has 10 heteroatoms. The van der Waals surface area contributed by atoms with Crippen molar-refractivity contribution < 1.29 is 14.6 Å². The maximum Gasteiger partial charge on any atom is 0.394 e. The average Bonchev–Trinajstić information content (AvgIpc) is 2.60. The molecule has 25 heavy (non-hydrogen) atoms. The number of amides is 1. The molecule has 1 atom stereocenters. The van der Waals surface area contributed by atoms with Crippen LogP contribution in [-0.2, 0) is 0 Å². The minimum Gasteiger partial charge on any atom is -0.336 e. The van der Waals surface area contributed by atoms with Crippen LogP contribution in [0.1, 0.15) is 22.0 Å². The van der Waals surface area contributed by atoms with Gasteiger partial charge in [-0.15, -0.1) is 0 Å². The normalized spacial score (nSPS) is 12.2. The largest absolute Gasteiger partial charge is 0.394 e. The second kappa shape index (κ2) is 7.45. The van der Waals surface area contributed by atoms with Crippen LogP contribution < -0.4 is 5.32 Å². The van der Waals surface area contributed by atoms with Gasteiger partial charge in [-0.3, -0.25) is 25.0 Å². The van der Waals surface area contributed by atoms with Crippen LogP contribution in [0.4, 0.5) is 5.69 Å². The Morgan fingerprint density at radius 2 is 1.56 bits per heavy atom. The molecular formula is C15H11Cl2N3O5. The van der Waals surface area contributed by atoms with Crippen molar-refractivity contribution in [3.63, 3.8) is 0 Å². The van der Waals surface area contributed by atoms with Crippen molar-refractivity contribution in [3.05, 3.63) is 86.0 Å². The van der Waals surface area contributed by atoms with Crippen LogP contribution in [0.25, 0.3) is 0 Å². The molecule has 0 radical (unpaired) electrons. The van der Waals surface area contributed by atoms with Crippen LogP contribution >= 0.6 is 23.2 Å². The number of carbonyl (C=O) groups excluding carboxylic acids is 1. The molecule has 1 amide bonds. The molecule has 0 spiro atoms. The van der Waals surface area contributed by atoms with Gasteiger partial charge < -0.3 is 5.32 Å². The molecule has 0 aliphatic heterocycles. The molecule has 8 nitrogen and oxygen atoms in total. The Labute approximate surface area is 151 Å². The summed E-state index contributed by atoms with van der Waals surface area (Å²) in [6.07, 6.45) is 0. The lowest BCUT2D eigenvalue weighted by Crippen LogP contribution is -2.43. The highest BCUT2D eigenvalue weighted by Gasteiger charge is 2.49. The van der Waals surface area contributed by atoms with E-state index >= 15 is 0 Å². The standard InChI is InChI=1S/C15H11Cl2N3O5/c16-15(17,20(24)25)13(10-4-2-1-3-5-10)18-14(21)11-6-8-12(9-7-11)19(22)23/h1-9,13H,(H,18,21). The number of alkyl halides is 2. The number of halogens is 2. The zero-order valence-corrected chi connectivity index (χ0v) is 14.0. The van der Waals surface area contributed by atoms with Gasteiger partial charge in [-0.2, -0.15) is 0 Å². The van der Waals surface area contributed by atoms with Gasteiger partial charge >= 0.3 is 4.46 Å². The van der Waals surface area contributed by atoms with Gasteiger partial charge in [0.15, 0.2) is 6.04 Å². The van der Waals surface area contributed by atoms with Crippen LogP contribution in [0, 0.1) is 20.2 Å². The van der Waals surface area contributed by atoms with Gasteiger partial charge in [-0.1, -0.05) is 30.3 Å². The highest BCUT2D eigenvalue weighted by Crippen LogP contribution is 2.36. The van der Waals surface area contributed by atoms with Crippen molar-refractivity contribution >= 4 is 34.8 Å². The fourth-order valence-corrected chi connectivity index (χ4v) is 2.43. The fraction of sp³-hybridized carbons (Fsp3) is 0.133. The Kier molecular flexibility index (Phi) is 5.55. The quantitative estimate of drug-likeness (QED) is 0.354. The average molecular weight is 384 g/mol. The molecule has 2 aromatic rings. The summed E-state index contributed by atoms with van der Waals surface area (Å²) in [5, 5.41) is 24.2.